The molecule has 0 amide bonds. The van der Waals surface area contributed by atoms with Crippen LogP contribution in [0.5, 0.6) is 0 Å². The second kappa shape index (κ2) is 4.33. The van der Waals surface area contributed by atoms with Crippen molar-refractivity contribution in [2.45, 2.75) is 44.1 Å². The van der Waals surface area contributed by atoms with E-state index in [0.717, 1.165) is 0 Å². The first-order chi connectivity index (χ1) is 8.89. The average Bonchev–Trinajstić information content (AvgIpc) is 2.96. The lowest BCUT2D eigenvalue weighted by atomic mass is 9.70. The van der Waals surface area contributed by atoms with Crippen LogP contribution in [0.1, 0.15) is 40.0 Å². The number of rotatable bonds is 2. The Bertz CT molecular complexity index is 401. The molecule has 2 aliphatic carbocycles. The van der Waals surface area contributed by atoms with Gasteiger partial charge in [-0.25, -0.2) is 0 Å². The van der Waals surface area contributed by atoms with Crippen molar-refractivity contribution in [3.05, 3.63) is 0 Å². The molecule has 0 radical (unpaired) electrons. The van der Waals surface area contributed by atoms with Crippen LogP contribution in [-0.2, 0) is 9.53 Å². The molecule has 3 rings (SSSR count). The molecule has 108 valence electrons. The topological polar surface area (TPSA) is 26.3 Å². The molecule has 2 unspecified atom stereocenters. The van der Waals surface area contributed by atoms with Crippen molar-refractivity contribution in [1.29, 1.82) is 0 Å². The van der Waals surface area contributed by atoms with E-state index >= 15 is 0 Å². The van der Waals surface area contributed by atoms with E-state index in [4.69, 9.17) is 4.74 Å². The lowest BCUT2D eigenvalue weighted by Gasteiger charge is -2.47. The van der Waals surface area contributed by atoms with Crippen molar-refractivity contribution in [2.24, 2.45) is 22.7 Å². The summed E-state index contributed by atoms with van der Waals surface area (Å²) in [6, 6.07) is 0. The summed E-state index contributed by atoms with van der Waals surface area (Å²) in [5, 5.41) is 0. The summed E-state index contributed by atoms with van der Waals surface area (Å²) in [5.41, 5.74) is 0.700. The highest BCUT2D eigenvalue weighted by Gasteiger charge is 2.74. The van der Waals surface area contributed by atoms with Gasteiger partial charge in [-0.2, -0.15) is 0 Å². The number of hydrogen-bond donors (Lipinski definition) is 0. The predicted molar refractivity (Wildman–Crippen MR) is 82.4 cm³/mol. The summed E-state index contributed by atoms with van der Waals surface area (Å²) in [6.45, 7) is 7.35. The molecule has 1 spiro atoms. The van der Waals surface area contributed by atoms with Gasteiger partial charge in [0.25, 0.3) is 0 Å². The molecule has 3 atom stereocenters. The molecule has 1 aliphatic heterocycles. The van der Waals surface area contributed by atoms with Gasteiger partial charge in [0.15, 0.2) is 0 Å². The number of ether oxygens (including phenoxy) is 1. The minimum Gasteiger partial charge on any atom is -0.469 e. The standard InChI is InChI=1S/C15H24O2S2/c1-13(2)10-5-6-14(13,3)15(18-7-8-19-15)11(10)9-12(16)17-4/h10-11H,5-9H2,1-4H3/t10?,11-,14?/m0/s1. The summed E-state index contributed by atoms with van der Waals surface area (Å²) in [5.74, 6) is 3.62. The number of carbonyl (C=O) groups is 1. The first-order valence-electron chi connectivity index (χ1n) is 7.24. The zero-order chi connectivity index (χ0) is 13.9. The van der Waals surface area contributed by atoms with Crippen LogP contribution < -0.4 is 0 Å². The van der Waals surface area contributed by atoms with Crippen LogP contribution in [0.2, 0.25) is 0 Å². The molecule has 0 aromatic rings. The van der Waals surface area contributed by atoms with Gasteiger partial charge >= 0.3 is 5.97 Å². The summed E-state index contributed by atoms with van der Waals surface area (Å²) >= 11 is 4.26. The molecule has 2 bridgehead atoms. The molecule has 3 aliphatic rings. The number of hydrogen-bond acceptors (Lipinski definition) is 4. The van der Waals surface area contributed by atoms with Crippen LogP contribution in [0.4, 0.5) is 0 Å². The highest BCUT2D eigenvalue weighted by molar-refractivity contribution is 8.21. The van der Waals surface area contributed by atoms with Crippen molar-refractivity contribution in [1.82, 2.24) is 0 Å². The Morgan fingerprint density at radius 2 is 1.89 bits per heavy atom. The minimum absolute atomic E-state index is 0.0237. The largest absolute Gasteiger partial charge is 0.469 e. The first-order valence-corrected chi connectivity index (χ1v) is 9.21. The highest BCUT2D eigenvalue weighted by atomic mass is 32.2. The van der Waals surface area contributed by atoms with Crippen LogP contribution in [-0.4, -0.2) is 28.7 Å². The van der Waals surface area contributed by atoms with Crippen molar-refractivity contribution < 1.29 is 9.53 Å². The average molecular weight is 300 g/mol. The van der Waals surface area contributed by atoms with E-state index in [9.17, 15) is 4.79 Å². The maximum atomic E-state index is 11.9. The Hall–Kier alpha value is 0.170. The monoisotopic (exact) mass is 300 g/mol. The Kier molecular flexibility index (Phi) is 3.22. The summed E-state index contributed by atoms with van der Waals surface area (Å²) in [7, 11) is 1.52. The van der Waals surface area contributed by atoms with E-state index in [0.29, 0.717) is 29.1 Å². The lowest BCUT2D eigenvalue weighted by Crippen LogP contribution is -2.45. The van der Waals surface area contributed by atoms with Crippen molar-refractivity contribution in [2.75, 3.05) is 18.6 Å². The molecule has 4 heteroatoms. The van der Waals surface area contributed by atoms with Gasteiger partial charge < -0.3 is 4.74 Å². The van der Waals surface area contributed by atoms with Gasteiger partial charge in [0, 0.05) is 11.5 Å². The maximum absolute atomic E-state index is 11.9. The van der Waals surface area contributed by atoms with Crippen LogP contribution >= 0.6 is 23.5 Å². The van der Waals surface area contributed by atoms with Gasteiger partial charge in [0.05, 0.1) is 17.6 Å². The van der Waals surface area contributed by atoms with Crippen LogP contribution in [0.3, 0.4) is 0 Å². The van der Waals surface area contributed by atoms with Crippen molar-refractivity contribution in [3.8, 4) is 0 Å². The Morgan fingerprint density at radius 3 is 2.47 bits per heavy atom. The number of thioether (sulfide) groups is 2. The molecule has 19 heavy (non-hydrogen) atoms. The van der Waals surface area contributed by atoms with Gasteiger partial charge in [-0.1, -0.05) is 20.8 Å². The van der Waals surface area contributed by atoms with Gasteiger partial charge in [0.1, 0.15) is 0 Å². The second-order valence-corrected chi connectivity index (χ2v) is 9.89. The zero-order valence-corrected chi connectivity index (χ0v) is 14.0. The number of esters is 1. The zero-order valence-electron chi connectivity index (χ0n) is 12.3. The van der Waals surface area contributed by atoms with Crippen molar-refractivity contribution >= 4 is 29.5 Å². The van der Waals surface area contributed by atoms with Crippen LogP contribution in [0, 0.1) is 22.7 Å². The smallest absolute Gasteiger partial charge is 0.305 e. The molecule has 0 N–H and O–H groups in total. The summed E-state index contributed by atoms with van der Waals surface area (Å²) in [4.78, 5) is 11.9. The Morgan fingerprint density at radius 1 is 1.26 bits per heavy atom. The van der Waals surface area contributed by atoms with Gasteiger partial charge in [-0.15, -0.1) is 23.5 Å². The number of methoxy groups -OCH3 is 1. The minimum atomic E-state index is -0.0237. The van der Waals surface area contributed by atoms with Gasteiger partial charge in [-0.05, 0) is 35.5 Å². The Labute approximate surface area is 124 Å². The van der Waals surface area contributed by atoms with E-state index in [1.54, 1.807) is 0 Å². The molecular formula is C15H24O2S2. The third kappa shape index (κ3) is 1.56. The van der Waals surface area contributed by atoms with Crippen molar-refractivity contribution in [3.63, 3.8) is 0 Å². The molecule has 1 saturated heterocycles. The molecule has 2 nitrogen and oxygen atoms in total. The molecule has 0 aromatic heterocycles. The fourth-order valence-electron chi connectivity index (χ4n) is 5.04. The summed E-state index contributed by atoms with van der Waals surface area (Å²) < 4.78 is 5.22. The highest BCUT2D eigenvalue weighted by Crippen LogP contribution is 2.80. The van der Waals surface area contributed by atoms with E-state index in [1.807, 2.05) is 0 Å². The lowest BCUT2D eigenvalue weighted by molar-refractivity contribution is -0.142. The third-order valence-corrected chi connectivity index (χ3v) is 10.5. The molecule has 3 fully saturated rings. The quantitative estimate of drug-likeness (QED) is 0.725. The van der Waals surface area contributed by atoms with Crippen LogP contribution in [0.15, 0.2) is 0 Å². The SMILES string of the molecule is COC(=O)C[C@H]1C2CCC(C)(C2(C)C)C12SCCS2. The molecule has 0 aromatic carbocycles. The number of fused-ring (bicyclic) bond motifs is 3. The van der Waals surface area contributed by atoms with E-state index < -0.39 is 0 Å². The normalized spacial score (nSPS) is 41.9. The van der Waals surface area contributed by atoms with E-state index in [1.165, 1.54) is 31.5 Å². The van der Waals surface area contributed by atoms with Gasteiger partial charge in [-0.3, -0.25) is 4.79 Å². The fraction of sp³-hybridized carbons (Fsp3) is 0.933. The van der Waals surface area contributed by atoms with E-state index in [-0.39, 0.29) is 10.0 Å². The molecule has 1 heterocycles. The molecule has 2 saturated carbocycles. The third-order valence-electron chi connectivity index (χ3n) is 6.38. The molecular weight excluding hydrogens is 276 g/mol. The van der Waals surface area contributed by atoms with E-state index in [2.05, 4.69) is 44.3 Å². The fourth-order valence-corrected chi connectivity index (χ4v) is 9.44. The second-order valence-electron chi connectivity index (χ2n) is 6.95. The van der Waals surface area contributed by atoms with Gasteiger partial charge in [0.2, 0.25) is 0 Å². The Balaban J connectivity index is 2.01. The summed E-state index contributed by atoms with van der Waals surface area (Å²) in [6.07, 6.45) is 3.22. The van der Waals surface area contributed by atoms with Crippen LogP contribution in [0.25, 0.3) is 0 Å². The first kappa shape index (κ1) is 14.1. The maximum Gasteiger partial charge on any atom is 0.305 e. The predicted octanol–water partition coefficient (Wildman–Crippen LogP) is 3.80. The number of carbonyl (C=O) groups excluding carboxylic acids is 1.